The molecule has 1 aromatic carbocycles. The van der Waals surface area contributed by atoms with Crippen molar-refractivity contribution in [1.29, 1.82) is 0 Å². The monoisotopic (exact) mass is 322 g/mol. The van der Waals surface area contributed by atoms with Crippen LogP contribution in [0.25, 0.3) is 0 Å². The first-order chi connectivity index (χ1) is 10.6. The number of benzene rings is 1. The van der Waals surface area contributed by atoms with Crippen molar-refractivity contribution in [2.45, 2.75) is 46.1 Å². The number of rotatable bonds is 9. The van der Waals surface area contributed by atoms with Crippen LogP contribution in [-0.2, 0) is 9.59 Å². The molecule has 2 amide bonds. The van der Waals surface area contributed by atoms with Crippen molar-refractivity contribution in [3.63, 3.8) is 0 Å². The summed E-state index contributed by atoms with van der Waals surface area (Å²) in [5.74, 6) is 1.61. The van der Waals surface area contributed by atoms with Crippen LogP contribution in [0.4, 0.5) is 5.69 Å². The van der Waals surface area contributed by atoms with E-state index in [4.69, 9.17) is 0 Å². The van der Waals surface area contributed by atoms with Crippen LogP contribution in [0.5, 0.6) is 0 Å². The molecule has 1 atom stereocenters. The lowest BCUT2D eigenvalue weighted by Crippen LogP contribution is -2.28. The Kier molecular flexibility index (Phi) is 8.67. The molecule has 0 heterocycles. The van der Waals surface area contributed by atoms with E-state index < -0.39 is 0 Å². The standard InChI is InChI=1S/C17H26N2O2S/c1-4-6-11-22-12-17(21)18-13(3)14-7-9-15(10-8-14)19-16(20)5-2/h7-10,13H,4-6,11-12H2,1-3H3,(H,18,21)(H,19,20)/t13-/m1/s1. The highest BCUT2D eigenvalue weighted by molar-refractivity contribution is 7.99. The highest BCUT2D eigenvalue weighted by Crippen LogP contribution is 2.16. The minimum Gasteiger partial charge on any atom is -0.349 e. The number of unbranched alkanes of at least 4 members (excludes halogenated alkanes) is 1. The van der Waals surface area contributed by atoms with Crippen molar-refractivity contribution in [3.05, 3.63) is 29.8 Å². The number of anilines is 1. The maximum Gasteiger partial charge on any atom is 0.230 e. The summed E-state index contributed by atoms with van der Waals surface area (Å²) in [6.45, 7) is 5.93. The van der Waals surface area contributed by atoms with Gasteiger partial charge in [0.05, 0.1) is 11.8 Å². The van der Waals surface area contributed by atoms with Crippen LogP contribution in [-0.4, -0.2) is 23.3 Å². The minimum atomic E-state index is -0.0322. The average Bonchev–Trinajstić information content (AvgIpc) is 2.52. The molecule has 0 fully saturated rings. The lowest BCUT2D eigenvalue weighted by atomic mass is 10.1. The Morgan fingerprint density at radius 1 is 1.14 bits per heavy atom. The van der Waals surface area contributed by atoms with Crippen molar-refractivity contribution >= 4 is 29.3 Å². The molecule has 0 radical (unpaired) electrons. The molecule has 5 heteroatoms. The van der Waals surface area contributed by atoms with Crippen LogP contribution in [0.1, 0.15) is 51.6 Å². The molecule has 22 heavy (non-hydrogen) atoms. The second-order valence-electron chi connectivity index (χ2n) is 5.22. The first-order valence-corrected chi connectivity index (χ1v) is 8.99. The Hall–Kier alpha value is -1.49. The molecule has 1 aromatic rings. The van der Waals surface area contributed by atoms with Gasteiger partial charge in [0.1, 0.15) is 0 Å². The molecule has 0 bridgehead atoms. The molecule has 0 saturated carbocycles. The van der Waals surface area contributed by atoms with Gasteiger partial charge in [0.15, 0.2) is 0 Å². The molecule has 1 rings (SSSR count). The average molecular weight is 322 g/mol. The summed E-state index contributed by atoms with van der Waals surface area (Å²) in [5, 5.41) is 5.81. The third-order valence-electron chi connectivity index (χ3n) is 3.27. The fraction of sp³-hybridized carbons (Fsp3) is 0.529. The van der Waals surface area contributed by atoms with Crippen LogP contribution in [0.2, 0.25) is 0 Å². The molecule has 122 valence electrons. The van der Waals surface area contributed by atoms with Crippen molar-refractivity contribution in [2.24, 2.45) is 0 Å². The molecule has 0 aliphatic carbocycles. The van der Waals surface area contributed by atoms with Crippen LogP contribution >= 0.6 is 11.8 Å². The summed E-state index contributed by atoms with van der Waals surface area (Å²) in [5.41, 5.74) is 1.81. The quantitative estimate of drug-likeness (QED) is 0.681. The zero-order valence-corrected chi connectivity index (χ0v) is 14.5. The molecule has 0 unspecified atom stereocenters. The number of nitrogens with one attached hydrogen (secondary N) is 2. The van der Waals surface area contributed by atoms with Crippen LogP contribution in [0, 0.1) is 0 Å². The van der Waals surface area contributed by atoms with Crippen molar-refractivity contribution in [3.8, 4) is 0 Å². The number of amides is 2. The number of carbonyl (C=O) groups is 2. The molecule has 0 spiro atoms. The summed E-state index contributed by atoms with van der Waals surface area (Å²) < 4.78 is 0. The van der Waals surface area contributed by atoms with Gasteiger partial charge in [0, 0.05) is 12.1 Å². The smallest absolute Gasteiger partial charge is 0.230 e. The zero-order chi connectivity index (χ0) is 16.4. The number of hydrogen-bond donors (Lipinski definition) is 2. The van der Waals surface area contributed by atoms with E-state index in [9.17, 15) is 9.59 Å². The van der Waals surface area contributed by atoms with Crippen molar-refractivity contribution in [1.82, 2.24) is 5.32 Å². The molecule has 0 aliphatic heterocycles. The second kappa shape index (κ2) is 10.3. The maximum atomic E-state index is 11.9. The minimum absolute atomic E-state index is 0.00166. The van der Waals surface area contributed by atoms with Crippen molar-refractivity contribution in [2.75, 3.05) is 16.8 Å². The van der Waals surface area contributed by atoms with Gasteiger partial charge in [0.25, 0.3) is 0 Å². The zero-order valence-electron chi connectivity index (χ0n) is 13.6. The van der Waals surface area contributed by atoms with Gasteiger partial charge in [-0.2, -0.15) is 11.8 Å². The van der Waals surface area contributed by atoms with Gasteiger partial charge in [-0.05, 0) is 36.8 Å². The molecular weight excluding hydrogens is 296 g/mol. The lowest BCUT2D eigenvalue weighted by Gasteiger charge is -2.15. The number of thioether (sulfide) groups is 1. The summed E-state index contributed by atoms with van der Waals surface area (Å²) in [6, 6.07) is 7.56. The Labute approximate surface area is 137 Å². The molecule has 0 aromatic heterocycles. The van der Waals surface area contributed by atoms with E-state index in [1.165, 1.54) is 0 Å². The predicted octanol–water partition coefficient (Wildman–Crippen LogP) is 3.75. The third-order valence-corrected chi connectivity index (χ3v) is 4.31. The molecule has 2 N–H and O–H groups in total. The first kappa shape index (κ1) is 18.6. The largest absolute Gasteiger partial charge is 0.349 e. The lowest BCUT2D eigenvalue weighted by molar-refractivity contribution is -0.119. The van der Waals surface area contributed by atoms with Gasteiger partial charge in [-0.15, -0.1) is 0 Å². The maximum absolute atomic E-state index is 11.9. The Balaban J connectivity index is 2.43. The molecule has 4 nitrogen and oxygen atoms in total. The summed E-state index contributed by atoms with van der Waals surface area (Å²) >= 11 is 1.68. The third kappa shape index (κ3) is 6.98. The summed E-state index contributed by atoms with van der Waals surface area (Å²) in [7, 11) is 0. The van der Waals surface area contributed by atoms with E-state index in [0.29, 0.717) is 12.2 Å². The molecular formula is C17H26N2O2S. The van der Waals surface area contributed by atoms with E-state index in [2.05, 4.69) is 17.6 Å². The van der Waals surface area contributed by atoms with Crippen LogP contribution in [0.3, 0.4) is 0 Å². The van der Waals surface area contributed by atoms with Gasteiger partial charge >= 0.3 is 0 Å². The Bertz CT molecular complexity index is 474. The van der Waals surface area contributed by atoms with Gasteiger partial charge < -0.3 is 10.6 Å². The molecule has 0 saturated heterocycles. The van der Waals surface area contributed by atoms with E-state index in [-0.39, 0.29) is 17.9 Å². The predicted molar refractivity (Wildman–Crippen MR) is 94.2 cm³/mol. The van der Waals surface area contributed by atoms with Crippen LogP contribution < -0.4 is 10.6 Å². The fourth-order valence-electron chi connectivity index (χ4n) is 1.88. The first-order valence-electron chi connectivity index (χ1n) is 7.83. The van der Waals surface area contributed by atoms with Gasteiger partial charge in [-0.3, -0.25) is 9.59 Å². The second-order valence-corrected chi connectivity index (χ2v) is 6.32. The highest BCUT2D eigenvalue weighted by Gasteiger charge is 2.09. The van der Waals surface area contributed by atoms with E-state index >= 15 is 0 Å². The van der Waals surface area contributed by atoms with Gasteiger partial charge in [-0.25, -0.2) is 0 Å². The van der Waals surface area contributed by atoms with Crippen molar-refractivity contribution < 1.29 is 9.59 Å². The van der Waals surface area contributed by atoms with Gasteiger partial charge in [-0.1, -0.05) is 32.4 Å². The van der Waals surface area contributed by atoms with E-state index in [0.717, 1.165) is 29.8 Å². The number of hydrogen-bond acceptors (Lipinski definition) is 3. The molecule has 0 aliphatic rings. The van der Waals surface area contributed by atoms with Gasteiger partial charge in [0.2, 0.25) is 11.8 Å². The normalized spacial score (nSPS) is 11.8. The van der Waals surface area contributed by atoms with E-state index in [1.54, 1.807) is 11.8 Å². The fourth-order valence-corrected chi connectivity index (χ4v) is 2.79. The SMILES string of the molecule is CCCCSCC(=O)N[C@H](C)c1ccc(NC(=O)CC)cc1. The Morgan fingerprint density at radius 3 is 2.41 bits per heavy atom. The van der Waals surface area contributed by atoms with Crippen LogP contribution in [0.15, 0.2) is 24.3 Å². The highest BCUT2D eigenvalue weighted by atomic mass is 32.2. The van der Waals surface area contributed by atoms with E-state index in [1.807, 2.05) is 38.1 Å². The number of carbonyl (C=O) groups excluding carboxylic acids is 2. The Morgan fingerprint density at radius 2 is 1.82 bits per heavy atom. The topological polar surface area (TPSA) is 58.2 Å². The summed E-state index contributed by atoms with van der Waals surface area (Å²) in [4.78, 5) is 23.2. The summed E-state index contributed by atoms with van der Waals surface area (Å²) in [6.07, 6.45) is 2.77.